The van der Waals surface area contributed by atoms with Gasteiger partial charge < -0.3 is 20.1 Å². The molecule has 1 saturated heterocycles. The number of nitrogens with two attached hydrogens (primary N) is 1. The van der Waals surface area contributed by atoms with Crippen LogP contribution in [0.25, 0.3) is 0 Å². The number of likely N-dealkylation sites (tertiary alicyclic amines) is 1. The fourth-order valence-corrected chi connectivity index (χ4v) is 2.21. The zero-order valence-corrected chi connectivity index (χ0v) is 11.4. The molecule has 1 aliphatic rings. The van der Waals surface area contributed by atoms with Gasteiger partial charge >= 0.3 is 0 Å². The van der Waals surface area contributed by atoms with E-state index in [1.807, 2.05) is 0 Å². The highest BCUT2D eigenvalue weighted by molar-refractivity contribution is 5.81. The Labute approximate surface area is 117 Å². The fraction of sp³-hybridized carbons (Fsp3) is 0.429. The van der Waals surface area contributed by atoms with Crippen LogP contribution >= 0.6 is 0 Å². The summed E-state index contributed by atoms with van der Waals surface area (Å²) >= 11 is 0. The van der Waals surface area contributed by atoms with E-state index in [4.69, 9.17) is 15.2 Å². The summed E-state index contributed by atoms with van der Waals surface area (Å²) < 4.78 is 10.6. The molecule has 0 bridgehead atoms. The van der Waals surface area contributed by atoms with Gasteiger partial charge in [0, 0.05) is 18.7 Å². The lowest BCUT2D eigenvalue weighted by atomic mass is 10.2. The molecule has 1 heterocycles. The van der Waals surface area contributed by atoms with Crippen molar-refractivity contribution in [1.82, 2.24) is 4.90 Å². The lowest BCUT2D eigenvalue weighted by Gasteiger charge is -2.17. The van der Waals surface area contributed by atoms with Gasteiger partial charge in [0.1, 0.15) is 6.29 Å². The monoisotopic (exact) mass is 278 g/mol. The zero-order chi connectivity index (χ0) is 14.5. The maximum absolute atomic E-state index is 11.9. The van der Waals surface area contributed by atoms with E-state index < -0.39 is 0 Å². The number of nitrogens with zero attached hydrogens (tertiary/aromatic N) is 1. The molecule has 0 atom stereocenters. The van der Waals surface area contributed by atoms with Crippen molar-refractivity contribution in [3.05, 3.63) is 17.7 Å². The lowest BCUT2D eigenvalue weighted by Crippen LogP contribution is -2.32. The Kier molecular flexibility index (Phi) is 4.45. The first-order valence-electron chi connectivity index (χ1n) is 6.49. The molecule has 1 amide bonds. The topological polar surface area (TPSA) is 81.9 Å². The molecule has 1 fully saturated rings. The van der Waals surface area contributed by atoms with E-state index in [9.17, 15) is 9.59 Å². The summed E-state index contributed by atoms with van der Waals surface area (Å²) in [5.41, 5.74) is 6.50. The Morgan fingerprint density at radius 2 is 2.10 bits per heavy atom. The maximum Gasteiger partial charge on any atom is 0.260 e. The van der Waals surface area contributed by atoms with Gasteiger partial charge in [0.2, 0.25) is 0 Å². The van der Waals surface area contributed by atoms with Crippen LogP contribution in [0.1, 0.15) is 23.2 Å². The summed E-state index contributed by atoms with van der Waals surface area (Å²) in [6.45, 7) is 1.47. The molecule has 6 nitrogen and oxygen atoms in total. The smallest absolute Gasteiger partial charge is 0.260 e. The second kappa shape index (κ2) is 6.27. The second-order valence-corrected chi connectivity index (χ2v) is 4.64. The summed E-state index contributed by atoms with van der Waals surface area (Å²) in [6.07, 6.45) is 2.74. The third-order valence-corrected chi connectivity index (χ3v) is 3.26. The molecule has 6 heteroatoms. The number of carbonyl (C=O) groups excluding carboxylic acids is 2. The zero-order valence-electron chi connectivity index (χ0n) is 11.4. The number of rotatable bonds is 5. The number of amides is 1. The van der Waals surface area contributed by atoms with E-state index in [-0.39, 0.29) is 18.2 Å². The normalized spacial score (nSPS) is 14.2. The van der Waals surface area contributed by atoms with Gasteiger partial charge in [-0.15, -0.1) is 0 Å². The molecule has 0 radical (unpaired) electrons. The first-order chi connectivity index (χ1) is 9.65. The van der Waals surface area contributed by atoms with Crippen LogP contribution in [0, 0.1) is 0 Å². The SMILES string of the molecule is COc1cc(C=O)cc(N)c1OCC(=O)N1CCCC1. The predicted octanol–water partition coefficient (Wildman–Crippen LogP) is 1.09. The molecule has 1 aromatic carbocycles. The van der Waals surface area contributed by atoms with Crippen LogP contribution in [-0.2, 0) is 4.79 Å². The molecule has 0 aromatic heterocycles. The van der Waals surface area contributed by atoms with Gasteiger partial charge in [-0.3, -0.25) is 9.59 Å². The van der Waals surface area contributed by atoms with E-state index in [1.165, 1.54) is 19.2 Å². The van der Waals surface area contributed by atoms with Crippen molar-refractivity contribution < 1.29 is 19.1 Å². The summed E-state index contributed by atoms with van der Waals surface area (Å²) in [6, 6.07) is 3.02. The first kappa shape index (κ1) is 14.2. The van der Waals surface area contributed by atoms with Crippen LogP contribution in [0.15, 0.2) is 12.1 Å². The molecule has 0 aliphatic carbocycles. The predicted molar refractivity (Wildman–Crippen MR) is 74.1 cm³/mol. The molecule has 20 heavy (non-hydrogen) atoms. The highest BCUT2D eigenvalue weighted by Crippen LogP contribution is 2.34. The second-order valence-electron chi connectivity index (χ2n) is 4.64. The molecule has 108 valence electrons. The Morgan fingerprint density at radius 1 is 1.40 bits per heavy atom. The lowest BCUT2D eigenvalue weighted by molar-refractivity contribution is -0.132. The minimum absolute atomic E-state index is 0.0663. The van der Waals surface area contributed by atoms with Crippen LogP contribution in [0.5, 0.6) is 11.5 Å². The first-order valence-corrected chi connectivity index (χ1v) is 6.49. The molecule has 0 saturated carbocycles. The highest BCUT2D eigenvalue weighted by Gasteiger charge is 2.19. The number of benzene rings is 1. The van der Waals surface area contributed by atoms with Gasteiger partial charge in [-0.1, -0.05) is 0 Å². The van der Waals surface area contributed by atoms with E-state index >= 15 is 0 Å². The molecular weight excluding hydrogens is 260 g/mol. The Bertz CT molecular complexity index is 510. The van der Waals surface area contributed by atoms with Crippen LogP contribution in [0.4, 0.5) is 5.69 Å². The van der Waals surface area contributed by atoms with Gasteiger partial charge in [-0.25, -0.2) is 0 Å². The number of carbonyl (C=O) groups is 2. The number of aldehydes is 1. The van der Waals surface area contributed by atoms with Gasteiger partial charge in [-0.2, -0.15) is 0 Å². The minimum Gasteiger partial charge on any atom is -0.493 e. The largest absolute Gasteiger partial charge is 0.493 e. The molecule has 0 unspecified atom stereocenters. The van der Waals surface area contributed by atoms with Crippen molar-refractivity contribution in [1.29, 1.82) is 0 Å². The van der Waals surface area contributed by atoms with Gasteiger partial charge in [0.25, 0.3) is 5.91 Å². The van der Waals surface area contributed by atoms with E-state index in [0.717, 1.165) is 25.9 Å². The van der Waals surface area contributed by atoms with Crippen molar-refractivity contribution >= 4 is 17.9 Å². The number of anilines is 1. The average Bonchev–Trinajstić information content (AvgIpc) is 2.99. The van der Waals surface area contributed by atoms with Crippen LogP contribution in [0.3, 0.4) is 0 Å². The summed E-state index contributed by atoms with van der Waals surface area (Å²) in [5.74, 6) is 0.579. The fourth-order valence-electron chi connectivity index (χ4n) is 2.21. The van der Waals surface area contributed by atoms with Gasteiger partial charge in [0.05, 0.1) is 12.8 Å². The summed E-state index contributed by atoms with van der Waals surface area (Å²) in [5, 5.41) is 0. The van der Waals surface area contributed by atoms with E-state index in [2.05, 4.69) is 0 Å². The third kappa shape index (κ3) is 3.01. The molecule has 1 aromatic rings. The van der Waals surface area contributed by atoms with Crippen molar-refractivity contribution in [3.63, 3.8) is 0 Å². The number of methoxy groups -OCH3 is 1. The molecule has 0 spiro atoms. The van der Waals surface area contributed by atoms with Gasteiger partial charge in [0.15, 0.2) is 18.1 Å². The van der Waals surface area contributed by atoms with Crippen LogP contribution < -0.4 is 15.2 Å². The van der Waals surface area contributed by atoms with E-state index in [1.54, 1.807) is 4.90 Å². The number of ether oxygens (including phenoxy) is 2. The molecule has 2 rings (SSSR count). The summed E-state index contributed by atoms with van der Waals surface area (Å²) in [7, 11) is 1.46. The molecule has 1 aliphatic heterocycles. The molecule has 2 N–H and O–H groups in total. The van der Waals surface area contributed by atoms with Crippen molar-refractivity contribution in [2.24, 2.45) is 0 Å². The standard InChI is InChI=1S/C14H18N2O4/c1-19-12-7-10(8-17)6-11(15)14(12)20-9-13(18)16-4-2-3-5-16/h6-8H,2-5,9,15H2,1H3. The van der Waals surface area contributed by atoms with Crippen LogP contribution in [0.2, 0.25) is 0 Å². The highest BCUT2D eigenvalue weighted by atomic mass is 16.5. The number of nitrogen functional groups attached to an aromatic ring is 1. The number of hydrogen-bond donors (Lipinski definition) is 1. The quantitative estimate of drug-likeness (QED) is 0.644. The number of hydrogen-bond acceptors (Lipinski definition) is 5. The third-order valence-electron chi connectivity index (χ3n) is 3.26. The Balaban J connectivity index is 2.08. The van der Waals surface area contributed by atoms with Crippen molar-refractivity contribution in [2.75, 3.05) is 32.5 Å². The van der Waals surface area contributed by atoms with Crippen molar-refractivity contribution in [3.8, 4) is 11.5 Å². The average molecular weight is 278 g/mol. The summed E-state index contributed by atoms with van der Waals surface area (Å²) in [4.78, 5) is 24.4. The van der Waals surface area contributed by atoms with Crippen LogP contribution in [-0.4, -0.2) is 43.9 Å². The van der Waals surface area contributed by atoms with Gasteiger partial charge in [-0.05, 0) is 25.0 Å². The van der Waals surface area contributed by atoms with E-state index in [0.29, 0.717) is 23.3 Å². The minimum atomic E-state index is -0.0823. The Morgan fingerprint density at radius 3 is 2.70 bits per heavy atom. The maximum atomic E-state index is 11.9. The molecular formula is C14H18N2O4. The Hall–Kier alpha value is -2.24. The van der Waals surface area contributed by atoms with Crippen molar-refractivity contribution in [2.45, 2.75) is 12.8 Å².